The average Bonchev–Trinajstić information content (AvgIpc) is 2.82. The lowest BCUT2D eigenvalue weighted by atomic mass is 9.95. The number of allylic oxidation sites excluding steroid dienone is 1. The summed E-state index contributed by atoms with van der Waals surface area (Å²) in [5, 5.41) is 0.0191. The Morgan fingerprint density at radius 3 is 2.28 bits per heavy atom. The molecule has 1 aromatic carbocycles. The molecule has 0 unspecified atom stereocenters. The van der Waals surface area contributed by atoms with Gasteiger partial charge in [-0.25, -0.2) is 4.79 Å². The van der Waals surface area contributed by atoms with E-state index in [-0.39, 0.29) is 17.2 Å². The fourth-order valence-corrected chi connectivity index (χ4v) is 4.42. The van der Waals surface area contributed by atoms with Gasteiger partial charge in [-0.15, -0.1) is 5.54 Å². The number of pyridine rings is 1. The van der Waals surface area contributed by atoms with E-state index in [0.717, 1.165) is 12.8 Å². The number of carbonyl (C=O) groups is 1. The number of rotatable bonds is 8. The first-order valence-corrected chi connectivity index (χ1v) is 15.7. The van der Waals surface area contributed by atoms with Crippen molar-refractivity contribution in [1.82, 2.24) is 4.57 Å². The zero-order valence-corrected chi connectivity index (χ0v) is 24.4. The van der Waals surface area contributed by atoms with Gasteiger partial charge in [0.15, 0.2) is 0 Å². The normalized spacial score (nSPS) is 11.8. The van der Waals surface area contributed by atoms with Crippen LogP contribution in [0.2, 0.25) is 18.1 Å². The minimum Gasteiger partial charge on any atom is -0.497 e. The first-order valence-electron chi connectivity index (χ1n) is 12.7. The molecule has 0 saturated carbocycles. The minimum atomic E-state index is -2.05. The van der Waals surface area contributed by atoms with Crippen molar-refractivity contribution in [1.29, 1.82) is 0 Å². The van der Waals surface area contributed by atoms with E-state index in [2.05, 4.69) is 52.3 Å². The van der Waals surface area contributed by atoms with E-state index in [0.29, 0.717) is 40.2 Å². The zero-order chi connectivity index (χ0) is 27.1. The summed E-state index contributed by atoms with van der Waals surface area (Å²) in [4.78, 5) is 27.5. The molecule has 0 spiro atoms. The number of hydrogen-bond acceptors (Lipinski definition) is 4. The summed E-state index contributed by atoms with van der Waals surface area (Å²) in [6.45, 7) is 17.0. The third-order valence-electron chi connectivity index (χ3n) is 6.81. The number of nitrogens with zero attached hydrogens (tertiary/aromatic N) is 1. The molecule has 0 saturated heterocycles. The molecular formula is C30H41NO4Si. The molecule has 0 N–H and O–H groups in total. The second-order valence-electron chi connectivity index (χ2n) is 10.4. The van der Waals surface area contributed by atoms with Crippen LogP contribution in [-0.2, 0) is 11.2 Å². The summed E-state index contributed by atoms with van der Waals surface area (Å²) in [5.41, 5.74) is 5.95. The predicted octanol–water partition coefficient (Wildman–Crippen LogP) is 6.80. The molecule has 0 aliphatic rings. The summed E-state index contributed by atoms with van der Waals surface area (Å²) in [6.07, 6.45) is 6.00. The van der Waals surface area contributed by atoms with Gasteiger partial charge in [0.25, 0.3) is 5.56 Å². The Morgan fingerprint density at radius 2 is 1.78 bits per heavy atom. The lowest BCUT2D eigenvalue weighted by Crippen LogP contribution is -2.36. The highest BCUT2D eigenvalue weighted by Gasteiger charge is 2.34. The van der Waals surface area contributed by atoms with Crippen molar-refractivity contribution in [2.45, 2.75) is 78.9 Å². The van der Waals surface area contributed by atoms with Crippen molar-refractivity contribution in [2.75, 3.05) is 13.7 Å². The summed E-state index contributed by atoms with van der Waals surface area (Å²) in [5.74, 6) is 3.57. The number of ether oxygens (including phenoxy) is 2. The number of aromatic nitrogens is 1. The Bertz CT molecular complexity index is 1220. The highest BCUT2D eigenvalue weighted by atomic mass is 28.3. The zero-order valence-electron chi connectivity index (χ0n) is 23.4. The first kappa shape index (κ1) is 29.2. The minimum absolute atomic E-state index is 0.0191. The SMILES string of the molecule is C/C=C/c1c(CCCC)c(C(=O)OCC)c(C#C[Si](C)(C)C(C)(C)C)n(-c2ccc(OC)cc2)c1=O. The summed E-state index contributed by atoms with van der Waals surface area (Å²) in [7, 11) is -0.454. The average molecular weight is 508 g/mol. The number of unbranched alkanes of at least 4 members (excludes halogenated alkanes) is 1. The van der Waals surface area contributed by atoms with Gasteiger partial charge in [-0.2, -0.15) is 0 Å². The maximum atomic E-state index is 14.0. The molecular weight excluding hydrogens is 466 g/mol. The van der Waals surface area contributed by atoms with E-state index in [4.69, 9.17) is 9.47 Å². The van der Waals surface area contributed by atoms with Gasteiger partial charge in [-0.1, -0.05) is 65.3 Å². The van der Waals surface area contributed by atoms with Crippen molar-refractivity contribution >= 4 is 20.1 Å². The molecule has 0 aliphatic carbocycles. The van der Waals surface area contributed by atoms with Crippen LogP contribution in [0, 0.1) is 11.5 Å². The van der Waals surface area contributed by atoms with Crippen LogP contribution < -0.4 is 10.3 Å². The quantitative estimate of drug-likeness (QED) is 0.224. The van der Waals surface area contributed by atoms with Crippen LogP contribution in [0.5, 0.6) is 5.75 Å². The highest BCUT2D eigenvalue weighted by molar-refractivity contribution is 6.87. The maximum absolute atomic E-state index is 14.0. The Morgan fingerprint density at radius 1 is 1.14 bits per heavy atom. The van der Waals surface area contributed by atoms with E-state index >= 15 is 0 Å². The van der Waals surface area contributed by atoms with Crippen LogP contribution in [0.1, 0.15) is 81.6 Å². The van der Waals surface area contributed by atoms with Crippen LogP contribution in [-0.4, -0.2) is 32.3 Å². The molecule has 0 fully saturated rings. The first-order chi connectivity index (χ1) is 16.9. The monoisotopic (exact) mass is 507 g/mol. The molecule has 194 valence electrons. The number of hydrogen-bond donors (Lipinski definition) is 0. The van der Waals surface area contributed by atoms with Crippen molar-refractivity contribution < 1.29 is 14.3 Å². The molecule has 0 bridgehead atoms. The van der Waals surface area contributed by atoms with E-state index in [1.54, 1.807) is 36.8 Å². The Labute approximate surface area is 217 Å². The number of benzene rings is 1. The largest absolute Gasteiger partial charge is 0.497 e. The number of carbonyl (C=O) groups excluding carboxylic acids is 1. The second-order valence-corrected chi connectivity index (χ2v) is 15.4. The predicted molar refractivity (Wildman–Crippen MR) is 152 cm³/mol. The lowest BCUT2D eigenvalue weighted by Gasteiger charge is -2.31. The summed E-state index contributed by atoms with van der Waals surface area (Å²) < 4.78 is 12.4. The summed E-state index contributed by atoms with van der Waals surface area (Å²) in [6, 6.07) is 7.24. The molecule has 2 aromatic rings. The summed E-state index contributed by atoms with van der Waals surface area (Å²) >= 11 is 0. The van der Waals surface area contributed by atoms with Crippen molar-refractivity contribution in [2.24, 2.45) is 0 Å². The highest BCUT2D eigenvalue weighted by Crippen LogP contribution is 2.35. The van der Waals surface area contributed by atoms with Gasteiger partial charge in [0.1, 0.15) is 19.5 Å². The number of methoxy groups -OCH3 is 1. The third kappa shape index (κ3) is 6.39. The second kappa shape index (κ2) is 12.3. The molecule has 0 amide bonds. The molecule has 1 heterocycles. The molecule has 6 heteroatoms. The van der Waals surface area contributed by atoms with Gasteiger partial charge in [-0.3, -0.25) is 9.36 Å². The van der Waals surface area contributed by atoms with Crippen molar-refractivity contribution in [3.63, 3.8) is 0 Å². The van der Waals surface area contributed by atoms with Crippen molar-refractivity contribution in [3.05, 3.63) is 63.1 Å². The smallest absolute Gasteiger partial charge is 0.341 e. The Balaban J connectivity index is 3.12. The molecule has 0 aliphatic heterocycles. The van der Waals surface area contributed by atoms with Crippen LogP contribution in [0.4, 0.5) is 0 Å². The van der Waals surface area contributed by atoms with Gasteiger partial charge < -0.3 is 9.47 Å². The fourth-order valence-electron chi connectivity index (χ4n) is 3.61. The van der Waals surface area contributed by atoms with Gasteiger partial charge in [0.2, 0.25) is 0 Å². The van der Waals surface area contributed by atoms with Gasteiger partial charge in [0, 0.05) is 5.56 Å². The van der Waals surface area contributed by atoms with E-state index in [1.807, 2.05) is 25.1 Å². The molecule has 5 nitrogen and oxygen atoms in total. The molecule has 0 atom stereocenters. The van der Waals surface area contributed by atoms with Crippen LogP contribution in [0.15, 0.2) is 35.1 Å². The maximum Gasteiger partial charge on any atom is 0.341 e. The molecule has 0 radical (unpaired) electrons. The fraction of sp³-hybridized carbons (Fsp3) is 0.467. The van der Waals surface area contributed by atoms with Crippen molar-refractivity contribution in [3.8, 4) is 22.9 Å². The molecule has 1 aromatic heterocycles. The van der Waals surface area contributed by atoms with Crippen LogP contribution in [0.25, 0.3) is 11.8 Å². The lowest BCUT2D eigenvalue weighted by molar-refractivity contribution is 0.0523. The third-order valence-corrected chi connectivity index (χ3v) is 11.3. The standard InChI is InChI=1S/C30H41NO4Si/c1-10-13-15-24-25(14-11-2)28(32)31(22-16-18-23(34-7)19-17-22)26(27(24)29(33)35-12-3)20-21-36(8,9)30(4,5)6/h11,14,16-19H,10,12-13,15H2,1-9H3/b14-11+. The topological polar surface area (TPSA) is 57.5 Å². The molecule has 2 rings (SSSR count). The van der Waals surface area contributed by atoms with Crippen LogP contribution in [0.3, 0.4) is 0 Å². The van der Waals surface area contributed by atoms with Gasteiger partial charge in [0.05, 0.1) is 25.0 Å². The number of esters is 1. The Hall–Kier alpha value is -3.04. The van der Waals surface area contributed by atoms with Gasteiger partial charge in [-0.05, 0) is 61.6 Å². The van der Waals surface area contributed by atoms with Crippen LogP contribution >= 0.6 is 0 Å². The molecule has 36 heavy (non-hydrogen) atoms. The van der Waals surface area contributed by atoms with E-state index < -0.39 is 14.0 Å². The Kier molecular flexibility index (Phi) is 9.95. The van der Waals surface area contributed by atoms with E-state index in [9.17, 15) is 9.59 Å². The van der Waals surface area contributed by atoms with E-state index in [1.165, 1.54) is 0 Å². The van der Waals surface area contributed by atoms with Gasteiger partial charge >= 0.3 is 5.97 Å².